The molecule has 1 fully saturated rings. The maximum atomic E-state index is 9.98. The first-order valence-electron chi connectivity index (χ1n) is 5.50. The van der Waals surface area contributed by atoms with E-state index >= 15 is 0 Å². The Morgan fingerprint density at radius 1 is 1.56 bits per heavy atom. The van der Waals surface area contributed by atoms with Gasteiger partial charge in [-0.15, -0.1) is 0 Å². The van der Waals surface area contributed by atoms with Gasteiger partial charge in [0.2, 0.25) is 0 Å². The van der Waals surface area contributed by atoms with Crippen molar-refractivity contribution in [2.24, 2.45) is 0 Å². The fourth-order valence-corrected chi connectivity index (χ4v) is 2.22. The number of aliphatic hydroxyl groups is 1. The molecule has 1 heterocycles. The lowest BCUT2D eigenvalue weighted by Gasteiger charge is -2.15. The van der Waals surface area contributed by atoms with E-state index in [0.717, 1.165) is 29.7 Å². The van der Waals surface area contributed by atoms with Crippen LogP contribution in [0.15, 0.2) is 28.7 Å². The molecule has 1 aromatic carbocycles. The van der Waals surface area contributed by atoms with Crippen molar-refractivity contribution in [3.63, 3.8) is 0 Å². The van der Waals surface area contributed by atoms with Gasteiger partial charge in [0.25, 0.3) is 0 Å². The second-order valence-electron chi connectivity index (χ2n) is 4.04. The Morgan fingerprint density at radius 3 is 3.12 bits per heavy atom. The van der Waals surface area contributed by atoms with Crippen LogP contribution in [0.1, 0.15) is 18.1 Å². The average Bonchev–Trinajstić information content (AvgIpc) is 2.78. The van der Waals surface area contributed by atoms with Crippen molar-refractivity contribution in [2.45, 2.75) is 18.6 Å². The van der Waals surface area contributed by atoms with Crippen LogP contribution in [0.4, 0.5) is 0 Å². The minimum Gasteiger partial charge on any atom is -0.387 e. The van der Waals surface area contributed by atoms with Crippen LogP contribution in [-0.4, -0.2) is 30.9 Å². The lowest BCUT2D eigenvalue weighted by Crippen LogP contribution is -2.32. The van der Waals surface area contributed by atoms with E-state index < -0.39 is 6.10 Å². The molecule has 88 valence electrons. The molecule has 0 bridgehead atoms. The number of benzene rings is 1. The summed E-state index contributed by atoms with van der Waals surface area (Å²) in [6.45, 7) is 2.15. The summed E-state index contributed by atoms with van der Waals surface area (Å²) in [7, 11) is 0. The van der Waals surface area contributed by atoms with Crippen molar-refractivity contribution in [3.8, 4) is 0 Å². The van der Waals surface area contributed by atoms with Gasteiger partial charge in [0.1, 0.15) is 0 Å². The van der Waals surface area contributed by atoms with E-state index in [1.54, 1.807) is 0 Å². The first-order valence-corrected chi connectivity index (χ1v) is 6.29. The summed E-state index contributed by atoms with van der Waals surface area (Å²) in [6.07, 6.45) is 0.573. The van der Waals surface area contributed by atoms with Gasteiger partial charge in [-0.3, -0.25) is 0 Å². The molecule has 0 aliphatic carbocycles. The maximum absolute atomic E-state index is 9.98. The van der Waals surface area contributed by atoms with E-state index in [4.69, 9.17) is 4.74 Å². The number of aliphatic hydroxyl groups excluding tert-OH is 1. The van der Waals surface area contributed by atoms with Crippen LogP contribution in [0.25, 0.3) is 0 Å². The van der Waals surface area contributed by atoms with Crippen LogP contribution in [0.5, 0.6) is 0 Å². The predicted octanol–water partition coefficient (Wildman–Crippen LogP) is 1.86. The van der Waals surface area contributed by atoms with Crippen LogP contribution in [-0.2, 0) is 4.74 Å². The number of nitrogens with one attached hydrogen (secondary N) is 1. The number of halogens is 1. The van der Waals surface area contributed by atoms with Gasteiger partial charge in [0.05, 0.1) is 12.7 Å². The second-order valence-corrected chi connectivity index (χ2v) is 4.96. The average molecular weight is 286 g/mol. The van der Waals surface area contributed by atoms with Crippen molar-refractivity contribution in [1.82, 2.24) is 5.32 Å². The molecule has 2 N–H and O–H groups in total. The highest BCUT2D eigenvalue weighted by molar-refractivity contribution is 9.10. The Bertz CT molecular complexity index is 340. The normalized spacial score (nSPS) is 22.2. The third-order valence-corrected chi connectivity index (χ3v) is 3.26. The third kappa shape index (κ3) is 3.28. The summed E-state index contributed by atoms with van der Waals surface area (Å²) in [5, 5.41) is 13.3. The molecule has 2 atom stereocenters. The van der Waals surface area contributed by atoms with Gasteiger partial charge in [-0.1, -0.05) is 28.1 Å². The number of hydrogen-bond donors (Lipinski definition) is 2. The van der Waals surface area contributed by atoms with Crippen LogP contribution < -0.4 is 5.32 Å². The van der Waals surface area contributed by atoms with Crippen molar-refractivity contribution in [2.75, 3.05) is 19.8 Å². The Hall–Kier alpha value is -0.420. The lowest BCUT2D eigenvalue weighted by atomic mass is 10.1. The zero-order valence-corrected chi connectivity index (χ0v) is 10.6. The Labute approximate surface area is 104 Å². The van der Waals surface area contributed by atoms with E-state index in [9.17, 15) is 5.11 Å². The largest absolute Gasteiger partial charge is 0.387 e. The zero-order valence-electron chi connectivity index (χ0n) is 9.03. The summed E-state index contributed by atoms with van der Waals surface area (Å²) < 4.78 is 6.26. The molecule has 2 unspecified atom stereocenters. The summed E-state index contributed by atoms with van der Waals surface area (Å²) in [4.78, 5) is 0. The first kappa shape index (κ1) is 12.0. The van der Waals surface area contributed by atoms with Crippen molar-refractivity contribution < 1.29 is 9.84 Å². The van der Waals surface area contributed by atoms with Gasteiger partial charge in [0, 0.05) is 23.7 Å². The smallest absolute Gasteiger partial charge is 0.0914 e. The quantitative estimate of drug-likeness (QED) is 0.887. The van der Waals surface area contributed by atoms with Crippen LogP contribution >= 0.6 is 15.9 Å². The van der Waals surface area contributed by atoms with Crippen molar-refractivity contribution in [1.29, 1.82) is 0 Å². The second kappa shape index (κ2) is 5.77. The monoisotopic (exact) mass is 285 g/mol. The molecule has 3 nitrogen and oxygen atoms in total. The van der Waals surface area contributed by atoms with Gasteiger partial charge in [-0.05, 0) is 24.1 Å². The van der Waals surface area contributed by atoms with Gasteiger partial charge in [-0.25, -0.2) is 0 Å². The predicted molar refractivity (Wildman–Crippen MR) is 66.3 cm³/mol. The van der Waals surface area contributed by atoms with Crippen LogP contribution in [0.2, 0.25) is 0 Å². The highest BCUT2D eigenvalue weighted by Gasteiger charge is 2.16. The fraction of sp³-hybridized carbons (Fsp3) is 0.500. The number of rotatable bonds is 4. The topological polar surface area (TPSA) is 41.5 Å². The Kier molecular flexibility index (Phi) is 4.35. The molecule has 1 aliphatic rings. The Balaban J connectivity index is 1.85. The van der Waals surface area contributed by atoms with E-state index in [-0.39, 0.29) is 0 Å². The molecular weight excluding hydrogens is 270 g/mol. The van der Waals surface area contributed by atoms with Gasteiger partial charge >= 0.3 is 0 Å². The molecule has 1 saturated heterocycles. The molecule has 0 amide bonds. The zero-order chi connectivity index (χ0) is 11.4. The van der Waals surface area contributed by atoms with Gasteiger partial charge in [0.15, 0.2) is 0 Å². The van der Waals surface area contributed by atoms with E-state index in [0.29, 0.717) is 12.6 Å². The van der Waals surface area contributed by atoms with Gasteiger partial charge in [-0.2, -0.15) is 0 Å². The molecule has 1 aliphatic heterocycles. The van der Waals surface area contributed by atoms with Crippen molar-refractivity contribution in [3.05, 3.63) is 34.3 Å². The fourth-order valence-electron chi connectivity index (χ4n) is 1.81. The highest BCUT2D eigenvalue weighted by atomic mass is 79.9. The third-order valence-electron chi connectivity index (χ3n) is 2.76. The van der Waals surface area contributed by atoms with E-state index in [1.165, 1.54) is 0 Å². The van der Waals surface area contributed by atoms with E-state index in [1.807, 2.05) is 24.3 Å². The summed E-state index contributed by atoms with van der Waals surface area (Å²) >= 11 is 3.40. The molecule has 0 spiro atoms. The minimum atomic E-state index is -0.460. The van der Waals surface area contributed by atoms with Crippen molar-refractivity contribution >= 4 is 15.9 Å². The molecular formula is C12H16BrNO2. The number of ether oxygens (including phenoxy) is 1. The maximum Gasteiger partial charge on any atom is 0.0914 e. The molecule has 4 heteroatoms. The summed E-state index contributed by atoms with van der Waals surface area (Å²) in [5.41, 5.74) is 0.931. The SMILES string of the molecule is OC(CNC1CCOC1)c1cccc(Br)c1. The summed E-state index contributed by atoms with van der Waals surface area (Å²) in [5.74, 6) is 0. The Morgan fingerprint density at radius 2 is 2.44 bits per heavy atom. The summed E-state index contributed by atoms with van der Waals surface area (Å²) in [6, 6.07) is 8.15. The molecule has 2 rings (SSSR count). The molecule has 16 heavy (non-hydrogen) atoms. The van der Waals surface area contributed by atoms with Crippen LogP contribution in [0.3, 0.4) is 0 Å². The first-order chi connectivity index (χ1) is 7.75. The molecule has 1 aromatic rings. The van der Waals surface area contributed by atoms with Gasteiger partial charge < -0.3 is 15.2 Å². The minimum absolute atomic E-state index is 0.391. The molecule has 0 radical (unpaired) electrons. The van der Waals surface area contributed by atoms with Crippen LogP contribution in [0, 0.1) is 0 Å². The molecule has 0 aromatic heterocycles. The molecule has 0 saturated carbocycles. The van der Waals surface area contributed by atoms with E-state index in [2.05, 4.69) is 21.2 Å². The highest BCUT2D eigenvalue weighted by Crippen LogP contribution is 2.18. The lowest BCUT2D eigenvalue weighted by molar-refractivity contribution is 0.161. The standard InChI is InChI=1S/C12H16BrNO2/c13-10-3-1-2-9(6-10)12(15)7-14-11-4-5-16-8-11/h1-3,6,11-12,14-15H,4-5,7-8H2. The number of hydrogen-bond acceptors (Lipinski definition) is 3.